The molecule has 3 nitrogen and oxygen atoms in total. The molecule has 18 heavy (non-hydrogen) atoms. The maximum absolute atomic E-state index is 5.75. The van der Waals surface area contributed by atoms with Crippen LogP contribution >= 0.6 is 0 Å². The molecule has 0 heterocycles. The van der Waals surface area contributed by atoms with Gasteiger partial charge >= 0.3 is 0 Å². The quantitative estimate of drug-likeness (QED) is 0.711. The van der Waals surface area contributed by atoms with Crippen LogP contribution in [-0.2, 0) is 9.47 Å². The SMILES string of the molecule is CNC(COCCOC(C)(C)C)C1CCCCC1. The number of hydrogen-bond donors (Lipinski definition) is 1. The van der Waals surface area contributed by atoms with Gasteiger partial charge in [0.1, 0.15) is 0 Å². The largest absolute Gasteiger partial charge is 0.377 e. The summed E-state index contributed by atoms with van der Waals surface area (Å²) in [4.78, 5) is 0. The van der Waals surface area contributed by atoms with Crippen molar-refractivity contribution in [2.75, 3.05) is 26.9 Å². The Labute approximate surface area is 113 Å². The predicted octanol–water partition coefficient (Wildman–Crippen LogP) is 2.99. The van der Waals surface area contributed by atoms with Gasteiger partial charge in [0.25, 0.3) is 0 Å². The van der Waals surface area contributed by atoms with E-state index in [1.807, 2.05) is 7.05 Å². The Morgan fingerprint density at radius 3 is 2.33 bits per heavy atom. The first-order chi connectivity index (χ1) is 8.53. The highest BCUT2D eigenvalue weighted by Gasteiger charge is 2.22. The van der Waals surface area contributed by atoms with Gasteiger partial charge in [0.15, 0.2) is 0 Å². The molecule has 0 aromatic heterocycles. The second-order valence-corrected chi connectivity index (χ2v) is 6.33. The van der Waals surface area contributed by atoms with Gasteiger partial charge in [0.2, 0.25) is 0 Å². The standard InChI is InChI=1S/C15H31NO2/c1-15(2,3)18-11-10-17-12-14(16-4)13-8-6-5-7-9-13/h13-14,16H,5-12H2,1-4H3. The molecule has 3 heteroatoms. The average molecular weight is 257 g/mol. The molecule has 1 N–H and O–H groups in total. The lowest BCUT2D eigenvalue weighted by Gasteiger charge is -2.30. The third kappa shape index (κ3) is 6.72. The lowest BCUT2D eigenvalue weighted by atomic mass is 9.84. The summed E-state index contributed by atoms with van der Waals surface area (Å²) in [6, 6.07) is 0.514. The Morgan fingerprint density at radius 1 is 1.11 bits per heavy atom. The van der Waals surface area contributed by atoms with Crippen molar-refractivity contribution in [1.82, 2.24) is 5.32 Å². The van der Waals surface area contributed by atoms with Crippen molar-refractivity contribution >= 4 is 0 Å². The highest BCUT2D eigenvalue weighted by atomic mass is 16.5. The third-order valence-corrected chi connectivity index (χ3v) is 3.65. The molecule has 108 valence electrons. The van der Waals surface area contributed by atoms with Crippen LogP contribution in [0.1, 0.15) is 52.9 Å². The van der Waals surface area contributed by atoms with Crippen molar-refractivity contribution in [2.45, 2.75) is 64.5 Å². The topological polar surface area (TPSA) is 30.5 Å². The lowest BCUT2D eigenvalue weighted by molar-refractivity contribution is -0.0395. The highest BCUT2D eigenvalue weighted by Crippen LogP contribution is 2.26. The molecule has 1 saturated carbocycles. The first-order valence-electron chi connectivity index (χ1n) is 7.42. The van der Waals surface area contributed by atoms with Gasteiger partial charge in [-0.25, -0.2) is 0 Å². The number of ether oxygens (including phenoxy) is 2. The normalized spacial score (nSPS) is 20.0. The van der Waals surface area contributed by atoms with Gasteiger partial charge < -0.3 is 14.8 Å². The van der Waals surface area contributed by atoms with Gasteiger partial charge in [-0.1, -0.05) is 19.3 Å². The minimum Gasteiger partial charge on any atom is -0.377 e. The van der Waals surface area contributed by atoms with E-state index in [4.69, 9.17) is 9.47 Å². The average Bonchev–Trinajstić information content (AvgIpc) is 2.33. The smallest absolute Gasteiger partial charge is 0.0707 e. The van der Waals surface area contributed by atoms with E-state index in [2.05, 4.69) is 26.1 Å². The van der Waals surface area contributed by atoms with Gasteiger partial charge in [-0.2, -0.15) is 0 Å². The maximum Gasteiger partial charge on any atom is 0.0707 e. The number of hydrogen-bond acceptors (Lipinski definition) is 3. The van der Waals surface area contributed by atoms with E-state index in [0.29, 0.717) is 19.3 Å². The number of nitrogens with one attached hydrogen (secondary N) is 1. The van der Waals surface area contributed by atoms with E-state index < -0.39 is 0 Å². The molecule has 1 atom stereocenters. The van der Waals surface area contributed by atoms with Crippen LogP contribution in [0.25, 0.3) is 0 Å². The Morgan fingerprint density at radius 2 is 1.78 bits per heavy atom. The van der Waals surface area contributed by atoms with Gasteiger partial charge in [-0.3, -0.25) is 0 Å². The Kier molecular flexibility index (Phi) is 7.20. The van der Waals surface area contributed by atoms with Gasteiger partial charge in [-0.05, 0) is 46.6 Å². The maximum atomic E-state index is 5.75. The monoisotopic (exact) mass is 257 g/mol. The van der Waals surface area contributed by atoms with Crippen LogP contribution in [0, 0.1) is 5.92 Å². The van der Waals surface area contributed by atoms with Gasteiger partial charge in [0.05, 0.1) is 25.4 Å². The molecule has 0 amide bonds. The summed E-state index contributed by atoms with van der Waals surface area (Å²) in [6.07, 6.45) is 6.89. The van der Waals surface area contributed by atoms with E-state index in [9.17, 15) is 0 Å². The summed E-state index contributed by atoms with van der Waals surface area (Å²) in [5.74, 6) is 0.798. The summed E-state index contributed by atoms with van der Waals surface area (Å²) < 4.78 is 11.4. The first kappa shape index (κ1) is 15.9. The number of likely N-dealkylation sites (N-methyl/N-ethyl adjacent to an activating group) is 1. The van der Waals surface area contributed by atoms with Crippen molar-refractivity contribution in [3.8, 4) is 0 Å². The van der Waals surface area contributed by atoms with E-state index in [1.54, 1.807) is 0 Å². The molecule has 0 aliphatic heterocycles. The molecule has 0 radical (unpaired) electrons. The predicted molar refractivity (Wildman–Crippen MR) is 75.9 cm³/mol. The van der Waals surface area contributed by atoms with Crippen molar-refractivity contribution in [3.63, 3.8) is 0 Å². The van der Waals surface area contributed by atoms with Crippen LogP contribution in [0.5, 0.6) is 0 Å². The molecule has 0 saturated heterocycles. The fraction of sp³-hybridized carbons (Fsp3) is 1.00. The lowest BCUT2D eigenvalue weighted by Crippen LogP contribution is -2.39. The van der Waals surface area contributed by atoms with Crippen LogP contribution < -0.4 is 5.32 Å². The van der Waals surface area contributed by atoms with Crippen LogP contribution in [0.3, 0.4) is 0 Å². The molecule has 0 spiro atoms. The number of rotatable bonds is 7. The van der Waals surface area contributed by atoms with Crippen LogP contribution in [0.2, 0.25) is 0 Å². The molecule has 0 aromatic carbocycles. The van der Waals surface area contributed by atoms with Crippen LogP contribution in [0.15, 0.2) is 0 Å². The molecule has 1 rings (SSSR count). The molecule has 1 fully saturated rings. The molecule has 1 aliphatic carbocycles. The van der Waals surface area contributed by atoms with E-state index in [0.717, 1.165) is 12.5 Å². The second-order valence-electron chi connectivity index (χ2n) is 6.33. The minimum absolute atomic E-state index is 0.0604. The van der Waals surface area contributed by atoms with Gasteiger partial charge in [-0.15, -0.1) is 0 Å². The summed E-state index contributed by atoms with van der Waals surface area (Å²) in [5.41, 5.74) is -0.0604. The second kappa shape index (κ2) is 8.13. The van der Waals surface area contributed by atoms with Crippen molar-refractivity contribution < 1.29 is 9.47 Å². The van der Waals surface area contributed by atoms with E-state index in [1.165, 1.54) is 32.1 Å². The van der Waals surface area contributed by atoms with Crippen molar-refractivity contribution in [2.24, 2.45) is 5.92 Å². The zero-order chi connectivity index (χ0) is 13.4. The first-order valence-corrected chi connectivity index (χ1v) is 7.42. The zero-order valence-electron chi connectivity index (χ0n) is 12.6. The molecule has 1 unspecified atom stereocenters. The summed E-state index contributed by atoms with van der Waals surface area (Å²) in [7, 11) is 2.05. The molecule has 1 aliphatic rings. The van der Waals surface area contributed by atoms with E-state index >= 15 is 0 Å². The Bertz CT molecular complexity index is 207. The van der Waals surface area contributed by atoms with Crippen molar-refractivity contribution in [1.29, 1.82) is 0 Å². The molecule has 0 bridgehead atoms. The zero-order valence-corrected chi connectivity index (χ0v) is 12.6. The summed E-state index contributed by atoms with van der Waals surface area (Å²) in [6.45, 7) is 8.42. The van der Waals surface area contributed by atoms with Crippen LogP contribution in [-0.4, -0.2) is 38.5 Å². The molecule has 0 aromatic rings. The Balaban J connectivity index is 2.11. The summed E-state index contributed by atoms with van der Waals surface area (Å²) in [5, 5.41) is 3.41. The van der Waals surface area contributed by atoms with E-state index in [-0.39, 0.29) is 5.60 Å². The molecular weight excluding hydrogens is 226 g/mol. The molecular formula is C15H31NO2. The fourth-order valence-corrected chi connectivity index (χ4v) is 2.61. The summed E-state index contributed by atoms with van der Waals surface area (Å²) >= 11 is 0. The highest BCUT2D eigenvalue weighted by molar-refractivity contribution is 4.78. The Hall–Kier alpha value is -0.120. The van der Waals surface area contributed by atoms with Crippen LogP contribution in [0.4, 0.5) is 0 Å². The van der Waals surface area contributed by atoms with Crippen molar-refractivity contribution in [3.05, 3.63) is 0 Å². The van der Waals surface area contributed by atoms with Gasteiger partial charge in [0, 0.05) is 6.04 Å². The fourth-order valence-electron chi connectivity index (χ4n) is 2.61. The minimum atomic E-state index is -0.0604. The third-order valence-electron chi connectivity index (χ3n) is 3.65.